The molecule has 2 bridgehead atoms. The minimum Gasteiger partial charge on any atom is -0.375 e. The van der Waals surface area contributed by atoms with Gasteiger partial charge in [-0.05, 0) is 41.9 Å². The van der Waals surface area contributed by atoms with Gasteiger partial charge < -0.3 is 10.6 Å². The zero-order valence-corrected chi connectivity index (χ0v) is 17.0. The number of likely N-dealkylation sites (tertiary alicyclic amines) is 1. The van der Waals surface area contributed by atoms with Gasteiger partial charge in [0.1, 0.15) is 0 Å². The molecule has 2 aliphatic rings. The summed E-state index contributed by atoms with van der Waals surface area (Å²) in [6, 6.07) is 14.8. The van der Waals surface area contributed by atoms with E-state index in [1.54, 1.807) is 6.07 Å². The number of fused-ring (bicyclic) bond motifs is 2. The molecule has 2 aromatic carbocycles. The summed E-state index contributed by atoms with van der Waals surface area (Å²) in [5.41, 5.74) is 8.75. The average molecular weight is 434 g/mol. The Morgan fingerprint density at radius 3 is 2.57 bits per heavy atom. The quantitative estimate of drug-likeness (QED) is 0.430. The molecular weight excluding hydrogens is 411 g/mol. The van der Waals surface area contributed by atoms with Crippen molar-refractivity contribution in [1.29, 1.82) is 0 Å². The molecule has 4 rings (SSSR count). The minimum absolute atomic E-state index is 0.0490. The van der Waals surface area contributed by atoms with Crippen LogP contribution in [0.5, 0.6) is 0 Å². The first kappa shape index (κ1) is 20.6. The Morgan fingerprint density at radius 1 is 1.17 bits per heavy atom. The number of anilines is 1. The monoisotopic (exact) mass is 433 g/mol. The summed E-state index contributed by atoms with van der Waals surface area (Å²) in [4.78, 5) is 4.27. The molecule has 2 aliphatic heterocycles. The highest BCUT2D eigenvalue weighted by atomic mass is 32.1. The molecule has 2 aromatic rings. The van der Waals surface area contributed by atoms with E-state index in [9.17, 15) is 13.2 Å². The highest BCUT2D eigenvalue weighted by Crippen LogP contribution is 2.42. The van der Waals surface area contributed by atoms with E-state index >= 15 is 0 Å². The molecule has 0 radical (unpaired) electrons. The van der Waals surface area contributed by atoms with Gasteiger partial charge in [-0.15, -0.1) is 0 Å². The van der Waals surface area contributed by atoms with E-state index in [0.717, 1.165) is 25.6 Å². The number of rotatable bonds is 5. The minimum atomic E-state index is -4.46. The van der Waals surface area contributed by atoms with Gasteiger partial charge in [-0.25, -0.2) is 0 Å². The van der Waals surface area contributed by atoms with Gasteiger partial charge in [-0.1, -0.05) is 36.4 Å². The van der Waals surface area contributed by atoms with Crippen LogP contribution >= 0.6 is 12.2 Å². The van der Waals surface area contributed by atoms with Gasteiger partial charge in [-0.2, -0.15) is 18.3 Å². The molecule has 0 saturated carbocycles. The molecule has 2 atom stereocenters. The first-order valence-corrected chi connectivity index (χ1v) is 10.1. The zero-order valence-electron chi connectivity index (χ0n) is 16.1. The number of piperazine rings is 1. The van der Waals surface area contributed by atoms with Crippen LogP contribution in [0, 0.1) is 0 Å². The van der Waals surface area contributed by atoms with Crippen LogP contribution in [0.25, 0.3) is 0 Å². The van der Waals surface area contributed by atoms with Gasteiger partial charge >= 0.3 is 6.18 Å². The molecule has 0 aromatic heterocycles. The number of halogens is 3. The predicted octanol–water partition coefficient (Wildman–Crippen LogP) is 3.34. The number of benzene rings is 2. The Kier molecular flexibility index (Phi) is 5.66. The fraction of sp³-hybridized carbons (Fsp3) is 0.333. The maximum absolute atomic E-state index is 13.8. The first-order chi connectivity index (χ1) is 14.3. The Hall–Kier alpha value is -2.65. The van der Waals surface area contributed by atoms with Crippen molar-refractivity contribution >= 4 is 29.2 Å². The molecule has 9 heteroatoms. The molecule has 3 N–H and O–H groups in total. The van der Waals surface area contributed by atoms with E-state index in [4.69, 9.17) is 5.73 Å². The molecule has 30 heavy (non-hydrogen) atoms. The predicted molar refractivity (Wildman–Crippen MR) is 115 cm³/mol. The van der Waals surface area contributed by atoms with Gasteiger partial charge in [-0.3, -0.25) is 10.3 Å². The van der Waals surface area contributed by atoms with E-state index in [-0.39, 0.29) is 22.9 Å². The van der Waals surface area contributed by atoms with Gasteiger partial charge in [0.15, 0.2) is 5.11 Å². The lowest BCUT2D eigenvalue weighted by molar-refractivity contribution is -0.137. The lowest BCUT2D eigenvalue weighted by Crippen LogP contribution is -2.46. The van der Waals surface area contributed by atoms with Crippen LogP contribution in [0.1, 0.15) is 23.1 Å². The second kappa shape index (κ2) is 8.23. The number of hydrogen-bond acceptors (Lipinski definition) is 4. The summed E-state index contributed by atoms with van der Waals surface area (Å²) in [5, 5.41) is 3.70. The van der Waals surface area contributed by atoms with Crippen molar-refractivity contribution < 1.29 is 13.2 Å². The largest absolute Gasteiger partial charge is 0.418 e. The lowest BCUT2D eigenvalue weighted by atomic mass is 10.1. The zero-order chi connectivity index (χ0) is 21.3. The Balaban J connectivity index is 1.52. The number of nitrogens with two attached hydrogens (primary N) is 1. The summed E-state index contributed by atoms with van der Waals surface area (Å²) in [7, 11) is 0. The number of nitrogens with one attached hydrogen (secondary N) is 1. The highest BCUT2D eigenvalue weighted by molar-refractivity contribution is 7.80. The van der Waals surface area contributed by atoms with Crippen LogP contribution in [0.2, 0.25) is 0 Å². The van der Waals surface area contributed by atoms with Crippen molar-refractivity contribution in [3.8, 4) is 0 Å². The van der Waals surface area contributed by atoms with Crippen LogP contribution in [-0.2, 0) is 12.7 Å². The summed E-state index contributed by atoms with van der Waals surface area (Å²) < 4.78 is 41.4. The second-order valence-corrected chi connectivity index (χ2v) is 8.06. The van der Waals surface area contributed by atoms with E-state index in [1.165, 1.54) is 17.8 Å². The standard InChI is InChI=1S/C21H22F3N5S/c22-21(23,24)18-8-15(10-26-27-20(25)30)6-7-19(18)29-13-16-9-17(29)12-28(16)11-14-4-2-1-3-5-14/h1-8,10,16-17H,9,11-13H2,(H3,25,27,30)/b26-10+/t16?,17-/m0/s1. The van der Waals surface area contributed by atoms with Crippen molar-refractivity contribution in [2.24, 2.45) is 10.8 Å². The van der Waals surface area contributed by atoms with E-state index in [2.05, 4.69) is 39.8 Å². The first-order valence-electron chi connectivity index (χ1n) is 9.65. The maximum Gasteiger partial charge on any atom is 0.418 e. The lowest BCUT2D eigenvalue weighted by Gasteiger charge is -2.36. The average Bonchev–Trinajstić information content (AvgIpc) is 3.28. The van der Waals surface area contributed by atoms with E-state index in [0.29, 0.717) is 12.1 Å². The van der Waals surface area contributed by atoms with Crippen LogP contribution < -0.4 is 16.1 Å². The molecule has 0 aliphatic carbocycles. The van der Waals surface area contributed by atoms with Gasteiger partial charge in [0, 0.05) is 37.4 Å². The number of nitrogens with zero attached hydrogens (tertiary/aromatic N) is 3. The second-order valence-electron chi connectivity index (χ2n) is 7.62. The molecule has 158 valence electrons. The smallest absolute Gasteiger partial charge is 0.375 e. The molecule has 1 unspecified atom stereocenters. The summed E-state index contributed by atoms with van der Waals surface area (Å²) in [5.74, 6) is 0. The van der Waals surface area contributed by atoms with E-state index in [1.807, 2.05) is 23.1 Å². The van der Waals surface area contributed by atoms with Crippen LogP contribution in [0.15, 0.2) is 53.6 Å². The third kappa shape index (κ3) is 4.41. The van der Waals surface area contributed by atoms with Gasteiger partial charge in [0.25, 0.3) is 0 Å². The van der Waals surface area contributed by atoms with Crippen LogP contribution in [-0.4, -0.2) is 41.4 Å². The molecule has 2 heterocycles. The fourth-order valence-electron chi connectivity index (χ4n) is 4.34. The maximum atomic E-state index is 13.8. The van der Waals surface area contributed by atoms with Crippen LogP contribution in [0.4, 0.5) is 18.9 Å². The number of alkyl halides is 3. The highest BCUT2D eigenvalue weighted by Gasteiger charge is 2.45. The van der Waals surface area contributed by atoms with Crippen molar-refractivity contribution in [3.05, 3.63) is 65.2 Å². The Bertz CT molecular complexity index is 947. The fourth-order valence-corrected chi connectivity index (χ4v) is 4.39. The summed E-state index contributed by atoms with van der Waals surface area (Å²) in [6.07, 6.45) is -2.30. The molecule has 0 spiro atoms. The molecule has 0 amide bonds. The molecule has 5 nitrogen and oxygen atoms in total. The number of hydrogen-bond donors (Lipinski definition) is 2. The number of hydrazone groups is 1. The van der Waals surface area contributed by atoms with Crippen molar-refractivity contribution in [3.63, 3.8) is 0 Å². The third-order valence-corrected chi connectivity index (χ3v) is 5.70. The molecule has 2 saturated heterocycles. The van der Waals surface area contributed by atoms with E-state index < -0.39 is 11.7 Å². The molecule has 2 fully saturated rings. The molecular formula is C21H22F3N5S. The Labute approximate surface area is 178 Å². The van der Waals surface area contributed by atoms with Crippen LogP contribution in [0.3, 0.4) is 0 Å². The number of thiocarbonyl (C=S) groups is 1. The van der Waals surface area contributed by atoms with Gasteiger partial charge in [0.2, 0.25) is 0 Å². The SMILES string of the molecule is NC(=S)N/N=C/c1ccc(N2CC3C[C@H]2CN3Cc2ccccc2)c(C(F)(F)F)c1. The van der Waals surface area contributed by atoms with Crippen molar-refractivity contribution in [2.45, 2.75) is 31.2 Å². The summed E-state index contributed by atoms with van der Waals surface area (Å²) >= 11 is 4.63. The third-order valence-electron chi connectivity index (χ3n) is 5.61. The van der Waals surface area contributed by atoms with Crippen molar-refractivity contribution in [1.82, 2.24) is 10.3 Å². The summed E-state index contributed by atoms with van der Waals surface area (Å²) in [6.45, 7) is 2.18. The normalized spacial score (nSPS) is 21.5. The topological polar surface area (TPSA) is 56.9 Å². The van der Waals surface area contributed by atoms with Gasteiger partial charge in [0.05, 0.1) is 11.8 Å². The Morgan fingerprint density at radius 2 is 1.93 bits per heavy atom. The van der Waals surface area contributed by atoms with Crippen molar-refractivity contribution in [2.75, 3.05) is 18.0 Å².